The number of nitrogens with zero attached hydrogens (tertiary/aromatic N) is 4. The van der Waals surface area contributed by atoms with E-state index in [0.29, 0.717) is 6.04 Å². The summed E-state index contributed by atoms with van der Waals surface area (Å²) in [5, 5.41) is 12.1. The molecule has 1 heterocycles. The Kier molecular flexibility index (Phi) is 5.76. The lowest BCUT2D eigenvalue weighted by atomic mass is 9.83. The van der Waals surface area contributed by atoms with E-state index in [1.54, 1.807) is 0 Å². The monoisotopic (exact) mass is 293 g/mol. The summed E-state index contributed by atoms with van der Waals surface area (Å²) < 4.78 is 1.94. The normalized spacial score (nSPS) is 19.3. The predicted octanol–water partition coefficient (Wildman–Crippen LogP) is 2.51. The maximum Gasteiger partial charge on any atom is 0.0772 e. The molecule has 1 N–H and O–H groups in total. The van der Waals surface area contributed by atoms with E-state index in [2.05, 4.69) is 41.3 Å². The van der Waals surface area contributed by atoms with Crippen LogP contribution in [0.2, 0.25) is 0 Å². The summed E-state index contributed by atoms with van der Waals surface area (Å²) >= 11 is 0. The molecule has 2 rings (SSSR count). The third-order valence-corrected chi connectivity index (χ3v) is 5.04. The first-order chi connectivity index (χ1) is 10.2. The van der Waals surface area contributed by atoms with Gasteiger partial charge in [0.1, 0.15) is 0 Å². The smallest absolute Gasteiger partial charge is 0.0772 e. The van der Waals surface area contributed by atoms with E-state index >= 15 is 0 Å². The minimum absolute atomic E-state index is 0.216. The minimum Gasteiger partial charge on any atom is -0.307 e. The number of rotatable bonds is 8. The number of hydrogen-bond acceptors (Lipinski definition) is 4. The highest BCUT2D eigenvalue weighted by molar-refractivity contribution is 5.15. The lowest BCUT2D eigenvalue weighted by Crippen LogP contribution is -2.55. The summed E-state index contributed by atoms with van der Waals surface area (Å²) in [6, 6.07) is 0.319. The molecule has 0 radical (unpaired) electrons. The zero-order valence-corrected chi connectivity index (χ0v) is 14.1. The molecule has 0 spiro atoms. The van der Waals surface area contributed by atoms with Crippen LogP contribution in [-0.2, 0) is 7.05 Å². The highest BCUT2D eigenvalue weighted by Crippen LogP contribution is 2.44. The van der Waals surface area contributed by atoms with Crippen LogP contribution in [0.5, 0.6) is 0 Å². The van der Waals surface area contributed by atoms with Crippen molar-refractivity contribution in [1.82, 2.24) is 25.2 Å². The Morgan fingerprint density at radius 3 is 2.43 bits per heavy atom. The zero-order chi connectivity index (χ0) is 15.3. The van der Waals surface area contributed by atoms with Crippen molar-refractivity contribution in [3.05, 3.63) is 11.9 Å². The minimum atomic E-state index is 0.216. The summed E-state index contributed by atoms with van der Waals surface area (Å²) in [5.74, 6) is 0. The second-order valence-electron chi connectivity index (χ2n) is 6.15. The van der Waals surface area contributed by atoms with Crippen molar-refractivity contribution in [3.8, 4) is 0 Å². The number of nitrogens with one attached hydrogen (secondary N) is 1. The molecule has 1 aromatic rings. The van der Waals surface area contributed by atoms with Gasteiger partial charge >= 0.3 is 0 Å². The second kappa shape index (κ2) is 7.36. The Morgan fingerprint density at radius 2 is 1.95 bits per heavy atom. The van der Waals surface area contributed by atoms with Crippen LogP contribution in [0, 0.1) is 0 Å². The van der Waals surface area contributed by atoms with Crippen molar-refractivity contribution in [1.29, 1.82) is 0 Å². The summed E-state index contributed by atoms with van der Waals surface area (Å²) in [6.45, 7) is 10.0. The Bertz CT molecular complexity index is 418. The molecule has 1 unspecified atom stereocenters. The molecule has 1 saturated carbocycles. The van der Waals surface area contributed by atoms with Crippen LogP contribution in [0.1, 0.15) is 64.6 Å². The molecular formula is C16H31N5. The standard InChI is InChI=1S/C16H31N5/c1-5-12-17-15(14-13-18-19-20(14)4)16(10-8-9-11-16)21(6-2)7-3/h13,15,17H,5-12H2,1-4H3. The van der Waals surface area contributed by atoms with Crippen LogP contribution in [-0.4, -0.2) is 45.1 Å². The molecule has 1 fully saturated rings. The van der Waals surface area contributed by atoms with Crippen LogP contribution in [0.3, 0.4) is 0 Å². The Balaban J connectivity index is 2.38. The first-order valence-electron chi connectivity index (χ1n) is 8.52. The van der Waals surface area contributed by atoms with Crippen LogP contribution >= 0.6 is 0 Å². The fourth-order valence-corrected chi connectivity index (χ4v) is 4.05. The fraction of sp³-hybridized carbons (Fsp3) is 0.875. The molecule has 1 aliphatic rings. The third-order valence-electron chi connectivity index (χ3n) is 5.04. The highest BCUT2D eigenvalue weighted by atomic mass is 15.4. The van der Waals surface area contributed by atoms with Crippen molar-refractivity contribution in [2.75, 3.05) is 19.6 Å². The Hall–Kier alpha value is -0.940. The van der Waals surface area contributed by atoms with Crippen molar-refractivity contribution >= 4 is 0 Å². The van der Waals surface area contributed by atoms with Gasteiger partial charge in [0.2, 0.25) is 0 Å². The predicted molar refractivity (Wildman–Crippen MR) is 86.2 cm³/mol. The van der Waals surface area contributed by atoms with Crippen molar-refractivity contribution in [2.45, 2.75) is 64.5 Å². The maximum absolute atomic E-state index is 4.17. The van der Waals surface area contributed by atoms with E-state index < -0.39 is 0 Å². The molecule has 0 aromatic carbocycles. The van der Waals surface area contributed by atoms with Gasteiger partial charge in [-0.15, -0.1) is 5.10 Å². The maximum atomic E-state index is 4.17. The van der Waals surface area contributed by atoms with E-state index in [-0.39, 0.29) is 5.54 Å². The average Bonchev–Trinajstić information content (AvgIpc) is 3.12. The van der Waals surface area contributed by atoms with Crippen LogP contribution < -0.4 is 5.32 Å². The molecule has 1 atom stereocenters. The molecule has 0 aliphatic heterocycles. The van der Waals surface area contributed by atoms with Gasteiger partial charge in [-0.25, -0.2) is 0 Å². The molecular weight excluding hydrogens is 262 g/mol. The topological polar surface area (TPSA) is 46.0 Å². The SMILES string of the molecule is CCCNC(c1cnnn1C)C1(N(CC)CC)CCCC1. The second-order valence-corrected chi connectivity index (χ2v) is 6.15. The summed E-state index contributed by atoms with van der Waals surface area (Å²) in [6.07, 6.45) is 8.27. The summed E-state index contributed by atoms with van der Waals surface area (Å²) in [7, 11) is 2.01. The molecule has 1 aromatic heterocycles. The molecule has 120 valence electrons. The van der Waals surface area contributed by atoms with Gasteiger partial charge in [0.15, 0.2) is 0 Å². The van der Waals surface area contributed by atoms with Crippen molar-refractivity contribution in [2.24, 2.45) is 7.05 Å². The Labute approximate surface area is 129 Å². The largest absolute Gasteiger partial charge is 0.307 e. The van der Waals surface area contributed by atoms with Crippen LogP contribution in [0.4, 0.5) is 0 Å². The quantitative estimate of drug-likeness (QED) is 0.800. The molecule has 0 bridgehead atoms. The lowest BCUT2D eigenvalue weighted by Gasteiger charge is -2.46. The zero-order valence-electron chi connectivity index (χ0n) is 14.1. The van der Waals surface area contributed by atoms with Gasteiger partial charge in [0.05, 0.1) is 17.9 Å². The molecule has 21 heavy (non-hydrogen) atoms. The van der Waals surface area contributed by atoms with Crippen LogP contribution in [0.15, 0.2) is 6.20 Å². The molecule has 5 heteroatoms. The van der Waals surface area contributed by atoms with Crippen molar-refractivity contribution < 1.29 is 0 Å². The van der Waals surface area contributed by atoms with Gasteiger partial charge < -0.3 is 5.32 Å². The number of aryl methyl sites for hydroxylation is 1. The molecule has 1 aliphatic carbocycles. The summed E-state index contributed by atoms with van der Waals surface area (Å²) in [5.41, 5.74) is 1.44. The van der Waals surface area contributed by atoms with E-state index in [0.717, 1.165) is 26.1 Å². The van der Waals surface area contributed by atoms with E-state index in [1.807, 2.05) is 17.9 Å². The highest BCUT2D eigenvalue weighted by Gasteiger charge is 2.46. The van der Waals surface area contributed by atoms with Crippen molar-refractivity contribution in [3.63, 3.8) is 0 Å². The van der Waals surface area contributed by atoms with Gasteiger partial charge in [-0.05, 0) is 38.9 Å². The average molecular weight is 293 g/mol. The van der Waals surface area contributed by atoms with Gasteiger partial charge in [-0.3, -0.25) is 9.58 Å². The molecule has 5 nitrogen and oxygen atoms in total. The molecule has 0 saturated heterocycles. The number of hydrogen-bond donors (Lipinski definition) is 1. The lowest BCUT2D eigenvalue weighted by molar-refractivity contribution is 0.0596. The van der Waals surface area contributed by atoms with E-state index in [4.69, 9.17) is 0 Å². The van der Waals surface area contributed by atoms with Gasteiger partial charge in [0.25, 0.3) is 0 Å². The summed E-state index contributed by atoms with van der Waals surface area (Å²) in [4.78, 5) is 2.65. The van der Waals surface area contributed by atoms with E-state index in [9.17, 15) is 0 Å². The Morgan fingerprint density at radius 1 is 1.29 bits per heavy atom. The first-order valence-corrected chi connectivity index (χ1v) is 8.52. The molecule has 0 amide bonds. The number of aromatic nitrogens is 3. The first kappa shape index (κ1) is 16.4. The van der Waals surface area contributed by atoms with Gasteiger partial charge in [0, 0.05) is 12.6 Å². The van der Waals surface area contributed by atoms with Gasteiger partial charge in [-0.1, -0.05) is 38.8 Å². The fourth-order valence-electron chi connectivity index (χ4n) is 4.05. The number of likely N-dealkylation sites (N-methyl/N-ethyl adjacent to an activating group) is 1. The van der Waals surface area contributed by atoms with Gasteiger partial charge in [-0.2, -0.15) is 0 Å². The van der Waals surface area contributed by atoms with E-state index in [1.165, 1.54) is 31.4 Å². The van der Waals surface area contributed by atoms with Crippen LogP contribution in [0.25, 0.3) is 0 Å². The third kappa shape index (κ3) is 3.14.